The number of likely N-dealkylation sites (tertiary alicyclic amines) is 2. The van der Waals surface area contributed by atoms with Gasteiger partial charge in [-0.05, 0) is 30.9 Å². The van der Waals surface area contributed by atoms with Crippen LogP contribution >= 0.6 is 23.2 Å². The van der Waals surface area contributed by atoms with Crippen molar-refractivity contribution in [2.75, 3.05) is 26.2 Å². The van der Waals surface area contributed by atoms with E-state index in [-0.39, 0.29) is 41.6 Å². The fraction of sp³-hybridized carbons (Fsp3) is 0.409. The number of hydrogen-bond acceptors (Lipinski definition) is 5. The Hall–Kier alpha value is -2.19. The van der Waals surface area contributed by atoms with Crippen LogP contribution in [0.2, 0.25) is 10.0 Å². The third kappa shape index (κ3) is 4.15. The highest BCUT2D eigenvalue weighted by Crippen LogP contribution is 2.39. The first-order valence-electron chi connectivity index (χ1n) is 10.2. The normalized spacial score (nSPS) is 19.7. The molecule has 0 aromatic heterocycles. The SMILES string of the molecule is N[C@@H](c1cc(Cl)c(Cl)cc1O)C1CCN(C(=O)N2CC(O)(c3ccccc3O)C2)CC1. The summed E-state index contributed by atoms with van der Waals surface area (Å²) in [4.78, 5) is 16.2. The van der Waals surface area contributed by atoms with Gasteiger partial charge in [-0.25, -0.2) is 4.79 Å². The molecule has 5 N–H and O–H groups in total. The number of para-hydroxylation sites is 1. The van der Waals surface area contributed by atoms with Crippen LogP contribution in [0.15, 0.2) is 36.4 Å². The van der Waals surface area contributed by atoms with Crippen molar-refractivity contribution in [3.8, 4) is 11.5 Å². The number of benzene rings is 2. The molecule has 0 saturated carbocycles. The molecule has 0 unspecified atom stereocenters. The van der Waals surface area contributed by atoms with Crippen molar-refractivity contribution in [3.05, 3.63) is 57.6 Å². The van der Waals surface area contributed by atoms with Crippen molar-refractivity contribution in [1.82, 2.24) is 9.80 Å². The first-order valence-corrected chi connectivity index (χ1v) is 10.9. The van der Waals surface area contributed by atoms with Crippen LogP contribution in [0.4, 0.5) is 4.79 Å². The maximum absolute atomic E-state index is 12.8. The lowest BCUT2D eigenvalue weighted by atomic mass is 9.84. The fourth-order valence-electron chi connectivity index (χ4n) is 4.48. The fourth-order valence-corrected chi connectivity index (χ4v) is 4.81. The Morgan fingerprint density at radius 3 is 2.29 bits per heavy atom. The quantitative estimate of drug-likeness (QED) is 0.554. The van der Waals surface area contributed by atoms with Crippen LogP contribution in [0.5, 0.6) is 11.5 Å². The zero-order valence-electron chi connectivity index (χ0n) is 16.8. The van der Waals surface area contributed by atoms with Gasteiger partial charge in [-0.15, -0.1) is 0 Å². The molecule has 7 nitrogen and oxygen atoms in total. The molecule has 166 valence electrons. The van der Waals surface area contributed by atoms with Gasteiger partial charge in [0.2, 0.25) is 0 Å². The van der Waals surface area contributed by atoms with E-state index in [1.165, 1.54) is 12.1 Å². The first kappa shape index (κ1) is 22.0. The van der Waals surface area contributed by atoms with Crippen LogP contribution in [0.25, 0.3) is 0 Å². The van der Waals surface area contributed by atoms with E-state index >= 15 is 0 Å². The summed E-state index contributed by atoms with van der Waals surface area (Å²) in [5.41, 5.74) is 6.15. The van der Waals surface area contributed by atoms with Gasteiger partial charge in [0.1, 0.15) is 17.1 Å². The number of phenolic OH excluding ortho intramolecular Hbond substituents is 2. The molecule has 2 amide bonds. The van der Waals surface area contributed by atoms with Crippen molar-refractivity contribution in [2.45, 2.75) is 24.5 Å². The maximum Gasteiger partial charge on any atom is 0.320 e. The number of nitrogens with zero attached hydrogens (tertiary/aromatic N) is 2. The van der Waals surface area contributed by atoms with Crippen molar-refractivity contribution in [2.24, 2.45) is 11.7 Å². The Balaban J connectivity index is 1.34. The molecule has 0 aliphatic carbocycles. The smallest absolute Gasteiger partial charge is 0.320 e. The molecule has 2 heterocycles. The highest BCUT2D eigenvalue weighted by Gasteiger charge is 2.47. The third-order valence-corrected chi connectivity index (χ3v) is 7.05. The number of carbonyl (C=O) groups excluding carboxylic acids is 1. The number of piperidine rings is 1. The summed E-state index contributed by atoms with van der Waals surface area (Å²) in [6.07, 6.45) is 1.37. The second kappa shape index (κ2) is 8.39. The van der Waals surface area contributed by atoms with Gasteiger partial charge in [-0.3, -0.25) is 0 Å². The molecule has 31 heavy (non-hydrogen) atoms. The lowest BCUT2D eigenvalue weighted by Crippen LogP contribution is -2.64. The molecule has 2 aromatic carbocycles. The van der Waals surface area contributed by atoms with Gasteiger partial charge in [-0.1, -0.05) is 41.4 Å². The van der Waals surface area contributed by atoms with E-state index in [1.807, 2.05) is 0 Å². The van der Waals surface area contributed by atoms with Crippen molar-refractivity contribution < 1.29 is 20.1 Å². The molecule has 0 radical (unpaired) electrons. The van der Waals surface area contributed by atoms with E-state index in [9.17, 15) is 20.1 Å². The van der Waals surface area contributed by atoms with Crippen molar-refractivity contribution >= 4 is 29.2 Å². The minimum atomic E-state index is -1.23. The molecule has 2 fully saturated rings. The molecule has 9 heteroatoms. The summed E-state index contributed by atoms with van der Waals surface area (Å²) < 4.78 is 0. The average molecular weight is 466 g/mol. The van der Waals surface area contributed by atoms with Crippen LogP contribution in [0, 0.1) is 5.92 Å². The van der Waals surface area contributed by atoms with E-state index in [0.29, 0.717) is 42.1 Å². The molecule has 2 aliphatic rings. The summed E-state index contributed by atoms with van der Waals surface area (Å²) in [5, 5.41) is 31.6. The molecular weight excluding hydrogens is 441 g/mol. The largest absolute Gasteiger partial charge is 0.508 e. The Bertz CT molecular complexity index is 989. The van der Waals surface area contributed by atoms with Gasteiger partial charge < -0.3 is 30.9 Å². The van der Waals surface area contributed by atoms with Crippen LogP contribution in [0.3, 0.4) is 0 Å². The molecule has 0 spiro atoms. The van der Waals surface area contributed by atoms with E-state index in [2.05, 4.69) is 0 Å². The predicted octanol–water partition coefficient (Wildman–Crippen LogP) is 3.44. The van der Waals surface area contributed by atoms with Crippen LogP contribution < -0.4 is 5.73 Å². The maximum atomic E-state index is 12.8. The Morgan fingerprint density at radius 2 is 1.65 bits per heavy atom. The lowest BCUT2D eigenvalue weighted by molar-refractivity contribution is -0.0888. The Morgan fingerprint density at radius 1 is 1.03 bits per heavy atom. The highest BCUT2D eigenvalue weighted by atomic mass is 35.5. The van der Waals surface area contributed by atoms with Crippen molar-refractivity contribution in [3.63, 3.8) is 0 Å². The monoisotopic (exact) mass is 465 g/mol. The van der Waals surface area contributed by atoms with E-state index in [0.717, 1.165) is 0 Å². The number of halogens is 2. The van der Waals surface area contributed by atoms with Gasteiger partial charge in [0.05, 0.1) is 23.1 Å². The predicted molar refractivity (Wildman–Crippen MR) is 118 cm³/mol. The number of aromatic hydroxyl groups is 2. The summed E-state index contributed by atoms with van der Waals surface area (Å²) in [6, 6.07) is 9.08. The number of hydrogen-bond donors (Lipinski definition) is 4. The molecular formula is C22H25Cl2N3O4. The van der Waals surface area contributed by atoms with Crippen molar-refractivity contribution in [1.29, 1.82) is 0 Å². The topological polar surface area (TPSA) is 110 Å². The minimum absolute atomic E-state index is 0.0180. The number of β-amino-alcohol motifs (C(OH)–C–C–N with tert-alkyl or cyclic N) is 1. The number of urea groups is 1. The third-order valence-electron chi connectivity index (χ3n) is 6.33. The Kier molecular flexibility index (Phi) is 5.96. The molecule has 4 rings (SSSR count). The molecule has 2 saturated heterocycles. The summed E-state index contributed by atoms with van der Waals surface area (Å²) in [7, 11) is 0. The summed E-state index contributed by atoms with van der Waals surface area (Å²) >= 11 is 12.0. The van der Waals surface area contributed by atoms with Crippen LogP contribution in [-0.2, 0) is 5.60 Å². The molecule has 2 aromatic rings. The number of rotatable bonds is 3. The van der Waals surface area contributed by atoms with Crippen LogP contribution in [-0.4, -0.2) is 57.3 Å². The van der Waals surface area contributed by atoms with Gasteiger partial charge in [0, 0.05) is 36.3 Å². The molecule has 0 bridgehead atoms. The average Bonchev–Trinajstić information content (AvgIpc) is 2.73. The lowest BCUT2D eigenvalue weighted by Gasteiger charge is -2.49. The summed E-state index contributed by atoms with van der Waals surface area (Å²) in [5.74, 6) is 0.128. The number of phenols is 2. The van der Waals surface area contributed by atoms with Gasteiger partial charge in [0.15, 0.2) is 0 Å². The van der Waals surface area contributed by atoms with Gasteiger partial charge >= 0.3 is 6.03 Å². The standard InChI is InChI=1S/C22H25Cl2N3O4/c23-16-9-14(19(29)10-17(16)24)20(25)13-5-7-26(8-6-13)21(30)27-11-22(31,12-27)15-3-1-2-4-18(15)28/h1-4,9-10,13,20,28-29,31H,5-8,11-12,25H2/t20-/m1/s1. The van der Waals surface area contributed by atoms with Gasteiger partial charge in [0.25, 0.3) is 0 Å². The molecule has 1 atom stereocenters. The van der Waals surface area contributed by atoms with Gasteiger partial charge in [-0.2, -0.15) is 0 Å². The number of nitrogens with two attached hydrogens (primary N) is 1. The number of carbonyl (C=O) groups is 1. The number of aliphatic hydroxyl groups is 1. The van der Waals surface area contributed by atoms with E-state index in [4.69, 9.17) is 28.9 Å². The second-order valence-electron chi connectivity index (χ2n) is 8.36. The first-order chi connectivity index (χ1) is 14.7. The Labute approximate surface area is 190 Å². The zero-order chi connectivity index (χ0) is 22.3. The molecule has 2 aliphatic heterocycles. The minimum Gasteiger partial charge on any atom is -0.508 e. The van der Waals surface area contributed by atoms with Crippen LogP contribution in [0.1, 0.15) is 30.0 Å². The van der Waals surface area contributed by atoms with E-state index < -0.39 is 11.6 Å². The second-order valence-corrected chi connectivity index (χ2v) is 9.18. The highest BCUT2D eigenvalue weighted by molar-refractivity contribution is 6.42. The zero-order valence-corrected chi connectivity index (χ0v) is 18.4. The summed E-state index contributed by atoms with van der Waals surface area (Å²) in [6.45, 7) is 1.34. The van der Waals surface area contributed by atoms with E-state index in [1.54, 1.807) is 34.1 Å². The number of amides is 2.